The summed E-state index contributed by atoms with van der Waals surface area (Å²) < 4.78 is 15.5. The van der Waals surface area contributed by atoms with Gasteiger partial charge in [-0.2, -0.15) is 10.2 Å². The molecule has 0 aliphatic carbocycles. The van der Waals surface area contributed by atoms with E-state index in [1.165, 1.54) is 4.68 Å². The van der Waals surface area contributed by atoms with Crippen LogP contribution >= 0.6 is 0 Å². The Kier molecular flexibility index (Phi) is 6.56. The quantitative estimate of drug-likeness (QED) is 0.402. The summed E-state index contributed by atoms with van der Waals surface area (Å²) in [5, 5.41) is 9.13. The Bertz CT molecular complexity index is 1480. The van der Waals surface area contributed by atoms with Gasteiger partial charge in [-0.15, -0.1) is 0 Å². The number of para-hydroxylation sites is 1. The fourth-order valence-corrected chi connectivity index (χ4v) is 4.88. The van der Waals surface area contributed by atoms with E-state index in [0.29, 0.717) is 48.8 Å². The third kappa shape index (κ3) is 4.50. The van der Waals surface area contributed by atoms with Crippen LogP contribution in [0.2, 0.25) is 0 Å². The van der Waals surface area contributed by atoms with E-state index in [1.54, 1.807) is 43.6 Å². The molecule has 10 heteroatoms. The average molecular weight is 503 g/mol. The minimum Gasteiger partial charge on any atom is -0.497 e. The monoisotopic (exact) mass is 502 g/mol. The van der Waals surface area contributed by atoms with Crippen molar-refractivity contribution >= 4 is 5.91 Å². The minimum atomic E-state index is -0.171. The zero-order valence-corrected chi connectivity index (χ0v) is 21.4. The van der Waals surface area contributed by atoms with Crippen molar-refractivity contribution in [2.24, 2.45) is 14.1 Å². The summed E-state index contributed by atoms with van der Waals surface area (Å²) in [5.74, 6) is 2.06. The molecule has 0 spiro atoms. The van der Waals surface area contributed by atoms with Crippen LogP contribution in [0.4, 0.5) is 0 Å². The molecule has 0 unspecified atom stereocenters. The molecular weight excluding hydrogens is 472 g/mol. The van der Waals surface area contributed by atoms with Crippen molar-refractivity contribution in [1.29, 1.82) is 0 Å². The van der Waals surface area contributed by atoms with Gasteiger partial charge in [0.2, 0.25) is 0 Å². The fraction of sp³-hybridized carbons (Fsp3) is 0.333. The maximum absolute atomic E-state index is 13.5. The number of ether oxygens (including phenoxy) is 2. The molecule has 192 valence electrons. The summed E-state index contributed by atoms with van der Waals surface area (Å²) in [4.78, 5) is 28.1. The molecule has 1 saturated heterocycles. The van der Waals surface area contributed by atoms with Gasteiger partial charge in [-0.1, -0.05) is 18.2 Å². The van der Waals surface area contributed by atoms with E-state index in [0.717, 1.165) is 17.1 Å². The molecule has 5 rings (SSSR count). The molecule has 1 amide bonds. The van der Waals surface area contributed by atoms with Crippen LogP contribution in [0, 0.1) is 0 Å². The van der Waals surface area contributed by atoms with Crippen LogP contribution in [-0.2, 0) is 14.1 Å². The molecule has 1 aliphatic rings. The number of hydrogen-bond donors (Lipinski definition) is 0. The number of likely N-dealkylation sites (tertiary alicyclic amines) is 1. The molecule has 0 atom stereocenters. The molecule has 37 heavy (non-hydrogen) atoms. The minimum absolute atomic E-state index is 0.0706. The van der Waals surface area contributed by atoms with E-state index >= 15 is 0 Å². The van der Waals surface area contributed by atoms with E-state index in [4.69, 9.17) is 9.47 Å². The summed E-state index contributed by atoms with van der Waals surface area (Å²) in [6.45, 7) is 1.12. The lowest BCUT2D eigenvalue weighted by atomic mass is 9.95. The largest absolute Gasteiger partial charge is 0.497 e. The summed E-state index contributed by atoms with van der Waals surface area (Å²) in [5.41, 5.74) is 2.51. The van der Waals surface area contributed by atoms with Crippen LogP contribution in [0.5, 0.6) is 11.5 Å². The third-order valence-electron chi connectivity index (χ3n) is 6.89. The van der Waals surface area contributed by atoms with Crippen LogP contribution in [0.3, 0.4) is 0 Å². The standard InChI is InChI=1S/C27H30N6O4/c1-30-23(17-22(28-30)21-16-20(36-3)10-11-24(21)37-4)26(34)32-14-12-18(13-15-32)25-29-31(2)27(35)33(25)19-8-6-5-7-9-19/h5-11,16-18H,12-15H2,1-4H3. The predicted molar refractivity (Wildman–Crippen MR) is 138 cm³/mol. The van der Waals surface area contributed by atoms with Gasteiger partial charge in [0.15, 0.2) is 0 Å². The van der Waals surface area contributed by atoms with Crippen molar-refractivity contribution in [3.63, 3.8) is 0 Å². The average Bonchev–Trinajstić information content (AvgIpc) is 3.47. The molecule has 3 heterocycles. The summed E-state index contributed by atoms with van der Waals surface area (Å²) in [6.07, 6.45) is 1.42. The third-order valence-corrected chi connectivity index (χ3v) is 6.89. The maximum Gasteiger partial charge on any atom is 0.350 e. The first-order chi connectivity index (χ1) is 17.9. The van der Waals surface area contributed by atoms with E-state index in [1.807, 2.05) is 53.4 Å². The number of piperidine rings is 1. The lowest BCUT2D eigenvalue weighted by Crippen LogP contribution is -2.39. The SMILES string of the molecule is COc1ccc(OC)c(-c2cc(C(=O)N3CCC(c4nn(C)c(=O)n4-c4ccccc4)CC3)n(C)n2)c1. The van der Waals surface area contributed by atoms with E-state index in [2.05, 4.69) is 10.2 Å². The first-order valence-corrected chi connectivity index (χ1v) is 12.2. The number of carbonyl (C=O) groups excluding carboxylic acids is 1. The van der Waals surface area contributed by atoms with Gasteiger partial charge in [0.05, 0.1) is 25.6 Å². The first-order valence-electron chi connectivity index (χ1n) is 12.2. The predicted octanol–water partition coefficient (Wildman–Crippen LogP) is 3.01. The van der Waals surface area contributed by atoms with Crippen molar-refractivity contribution in [2.45, 2.75) is 18.8 Å². The molecule has 10 nitrogen and oxygen atoms in total. The molecule has 4 aromatic rings. The molecule has 0 radical (unpaired) electrons. The number of methoxy groups -OCH3 is 2. The smallest absolute Gasteiger partial charge is 0.350 e. The van der Waals surface area contributed by atoms with Crippen LogP contribution in [-0.4, -0.2) is 62.2 Å². The number of benzene rings is 2. The summed E-state index contributed by atoms with van der Waals surface area (Å²) in [7, 11) is 6.64. The lowest BCUT2D eigenvalue weighted by molar-refractivity contribution is 0.0699. The highest BCUT2D eigenvalue weighted by Gasteiger charge is 2.30. The van der Waals surface area contributed by atoms with E-state index < -0.39 is 0 Å². The summed E-state index contributed by atoms with van der Waals surface area (Å²) in [6, 6.07) is 16.8. The Morgan fingerprint density at radius 2 is 1.65 bits per heavy atom. The Morgan fingerprint density at radius 1 is 0.919 bits per heavy atom. The lowest BCUT2D eigenvalue weighted by Gasteiger charge is -2.31. The van der Waals surface area contributed by atoms with Crippen LogP contribution in [0.15, 0.2) is 59.4 Å². The Labute approximate surface area is 214 Å². The molecule has 1 fully saturated rings. The Morgan fingerprint density at radius 3 is 2.32 bits per heavy atom. The number of aromatic nitrogens is 5. The zero-order valence-electron chi connectivity index (χ0n) is 21.4. The summed E-state index contributed by atoms with van der Waals surface area (Å²) >= 11 is 0. The molecule has 0 N–H and O–H groups in total. The number of hydrogen-bond acceptors (Lipinski definition) is 6. The highest BCUT2D eigenvalue weighted by molar-refractivity contribution is 5.94. The number of nitrogens with zero attached hydrogens (tertiary/aromatic N) is 6. The van der Waals surface area contributed by atoms with Gasteiger partial charge in [0, 0.05) is 38.7 Å². The highest BCUT2D eigenvalue weighted by Crippen LogP contribution is 2.34. The van der Waals surface area contributed by atoms with Crippen LogP contribution < -0.4 is 15.2 Å². The van der Waals surface area contributed by atoms with Crippen molar-refractivity contribution in [1.82, 2.24) is 29.0 Å². The van der Waals surface area contributed by atoms with Crippen LogP contribution in [0.25, 0.3) is 16.9 Å². The number of aryl methyl sites for hydroxylation is 2. The molecule has 2 aromatic carbocycles. The van der Waals surface area contributed by atoms with E-state index in [9.17, 15) is 9.59 Å². The number of carbonyl (C=O) groups is 1. The molecule has 1 aliphatic heterocycles. The molecule has 2 aromatic heterocycles. The Hall–Kier alpha value is -4.34. The number of rotatable bonds is 6. The second kappa shape index (κ2) is 9.96. The molecule has 0 saturated carbocycles. The van der Waals surface area contributed by atoms with Crippen molar-refractivity contribution in [3.05, 3.63) is 76.6 Å². The Balaban J connectivity index is 1.35. The van der Waals surface area contributed by atoms with Gasteiger partial charge in [0.25, 0.3) is 5.91 Å². The zero-order chi connectivity index (χ0) is 26.1. The van der Waals surface area contributed by atoms with Gasteiger partial charge in [-0.3, -0.25) is 9.48 Å². The second-order valence-electron chi connectivity index (χ2n) is 9.11. The van der Waals surface area contributed by atoms with Gasteiger partial charge in [-0.05, 0) is 49.2 Å². The van der Waals surface area contributed by atoms with Crippen LogP contribution in [0.1, 0.15) is 35.1 Å². The van der Waals surface area contributed by atoms with Gasteiger partial charge in [0.1, 0.15) is 23.0 Å². The molecule has 0 bridgehead atoms. The van der Waals surface area contributed by atoms with Gasteiger partial charge >= 0.3 is 5.69 Å². The van der Waals surface area contributed by atoms with Gasteiger partial charge < -0.3 is 14.4 Å². The van der Waals surface area contributed by atoms with E-state index in [-0.39, 0.29) is 17.5 Å². The highest BCUT2D eigenvalue weighted by atomic mass is 16.5. The number of amides is 1. The maximum atomic E-state index is 13.5. The van der Waals surface area contributed by atoms with Gasteiger partial charge in [-0.25, -0.2) is 14.0 Å². The topological polar surface area (TPSA) is 96.4 Å². The normalized spacial score (nSPS) is 14.1. The van der Waals surface area contributed by atoms with Crippen molar-refractivity contribution < 1.29 is 14.3 Å². The fourth-order valence-electron chi connectivity index (χ4n) is 4.88. The second-order valence-corrected chi connectivity index (χ2v) is 9.11. The molecular formula is C27H30N6O4. The van der Waals surface area contributed by atoms with Crippen molar-refractivity contribution in [3.8, 4) is 28.4 Å². The van der Waals surface area contributed by atoms with Crippen molar-refractivity contribution in [2.75, 3.05) is 27.3 Å². The first kappa shape index (κ1) is 24.4.